The molecule has 0 amide bonds. The zero-order chi connectivity index (χ0) is 21.3. The van der Waals surface area contributed by atoms with Gasteiger partial charge in [0.05, 0.1) is 0 Å². The molecule has 0 aliphatic heterocycles. The minimum absolute atomic E-state index is 0. The average molecular weight is 423 g/mol. The fourth-order valence-electron chi connectivity index (χ4n) is 4.42. The van der Waals surface area contributed by atoms with Crippen LogP contribution in [0.2, 0.25) is 13.1 Å². The second-order valence-electron chi connectivity index (χ2n) is 9.09. The molecule has 0 bridgehead atoms. The van der Waals surface area contributed by atoms with Gasteiger partial charge in [0.25, 0.3) is 0 Å². The molecular formula is C28H34MgSi. The van der Waals surface area contributed by atoms with E-state index in [1.807, 2.05) is 0 Å². The van der Waals surface area contributed by atoms with Gasteiger partial charge < -0.3 is 0 Å². The smallest absolute Gasteiger partial charge is 0.165 e. The van der Waals surface area contributed by atoms with Crippen molar-refractivity contribution in [1.29, 1.82) is 0 Å². The zero-order valence-electron chi connectivity index (χ0n) is 20.0. The minimum atomic E-state index is -0.411. The van der Waals surface area contributed by atoms with Crippen molar-refractivity contribution >= 4 is 47.4 Å². The molecule has 0 nitrogen and oxygen atoms in total. The van der Waals surface area contributed by atoms with Gasteiger partial charge >= 0.3 is 23.1 Å². The third-order valence-electron chi connectivity index (χ3n) is 5.72. The zero-order valence-corrected chi connectivity index (χ0v) is 22.4. The topological polar surface area (TPSA) is 0 Å². The van der Waals surface area contributed by atoms with E-state index in [2.05, 4.69) is 109 Å². The van der Waals surface area contributed by atoms with E-state index in [0.29, 0.717) is 11.8 Å². The van der Waals surface area contributed by atoms with E-state index < -0.39 is 8.41 Å². The summed E-state index contributed by atoms with van der Waals surface area (Å²) in [6.07, 6.45) is 3.53. The Kier molecular flexibility index (Phi) is 8.55. The van der Waals surface area contributed by atoms with Gasteiger partial charge in [0, 0.05) is 0 Å². The maximum absolute atomic E-state index is 3.53. The molecule has 3 aromatic rings. The summed E-state index contributed by atoms with van der Waals surface area (Å²) in [7, 11) is -0.411. The fourth-order valence-corrected chi connectivity index (χ4v) is 6.02. The molecule has 1 aliphatic carbocycles. The molecule has 2 heteroatoms. The number of fused-ring (bicyclic) bond motifs is 2. The van der Waals surface area contributed by atoms with Gasteiger partial charge in [0.2, 0.25) is 0 Å². The van der Waals surface area contributed by atoms with E-state index in [-0.39, 0.29) is 23.1 Å². The first-order valence-corrected chi connectivity index (χ1v) is 13.3. The average Bonchev–Trinajstić information content (AvgIpc) is 3.19. The van der Waals surface area contributed by atoms with Crippen molar-refractivity contribution in [2.24, 2.45) is 0 Å². The summed E-state index contributed by atoms with van der Waals surface area (Å²) < 4.78 is 0. The van der Waals surface area contributed by atoms with Crippen molar-refractivity contribution in [2.75, 3.05) is 0 Å². The predicted molar refractivity (Wildman–Crippen MR) is 138 cm³/mol. The standard InChI is InChI=1S/C15H19Si.C13H15.Mg/c1-10(2)13-8-6-7-12-9-11(3)15(14(12)13)16(4)5;1-9(2)12-6-4-5-11-7-10(3)8-13(11)12;/h6-8,10H,1-5H3;4-9H,1-3H3;/q2*-1;+2. The van der Waals surface area contributed by atoms with Crippen LogP contribution in [-0.2, 0) is 0 Å². The Bertz CT molecular complexity index is 1090. The van der Waals surface area contributed by atoms with Crippen molar-refractivity contribution in [3.63, 3.8) is 0 Å². The van der Waals surface area contributed by atoms with Crippen LogP contribution in [-0.4, -0.2) is 36.6 Å². The molecule has 0 saturated heterocycles. The Balaban J connectivity index is 0.000000211. The van der Waals surface area contributed by atoms with Crippen LogP contribution in [0.1, 0.15) is 74.3 Å². The maximum Gasteiger partial charge on any atom is 2.00 e. The van der Waals surface area contributed by atoms with E-state index in [4.69, 9.17) is 0 Å². The van der Waals surface area contributed by atoms with Gasteiger partial charge in [-0.2, -0.15) is 11.6 Å². The van der Waals surface area contributed by atoms with E-state index >= 15 is 0 Å². The Morgan fingerprint density at radius 3 is 2.07 bits per heavy atom. The molecule has 30 heavy (non-hydrogen) atoms. The first kappa shape index (κ1) is 24.9. The van der Waals surface area contributed by atoms with Crippen molar-refractivity contribution in [1.82, 2.24) is 0 Å². The number of aryl methyl sites for hydroxylation is 1. The van der Waals surface area contributed by atoms with Crippen LogP contribution in [0.25, 0.3) is 10.8 Å². The van der Waals surface area contributed by atoms with Gasteiger partial charge in [0.15, 0.2) is 0 Å². The van der Waals surface area contributed by atoms with Crippen LogP contribution in [0.5, 0.6) is 0 Å². The van der Waals surface area contributed by atoms with Crippen LogP contribution in [0, 0.1) is 13.0 Å². The first-order valence-electron chi connectivity index (χ1n) is 10.8. The van der Waals surface area contributed by atoms with Crippen molar-refractivity contribution in [3.05, 3.63) is 88.0 Å². The summed E-state index contributed by atoms with van der Waals surface area (Å²) in [5.74, 6) is 1.21. The summed E-state index contributed by atoms with van der Waals surface area (Å²) in [5.41, 5.74) is 8.48. The number of allylic oxidation sites excluding steroid dienone is 1. The van der Waals surface area contributed by atoms with Crippen LogP contribution in [0.4, 0.5) is 0 Å². The Morgan fingerprint density at radius 1 is 0.867 bits per heavy atom. The molecule has 0 saturated carbocycles. The third-order valence-corrected chi connectivity index (χ3v) is 7.34. The predicted octanol–water partition coefficient (Wildman–Crippen LogP) is 7.39. The van der Waals surface area contributed by atoms with Crippen LogP contribution < -0.4 is 0 Å². The molecule has 3 aromatic carbocycles. The molecule has 0 aromatic heterocycles. The summed E-state index contributed by atoms with van der Waals surface area (Å²) >= 11 is 0. The molecule has 0 N–H and O–H groups in total. The third kappa shape index (κ3) is 5.09. The van der Waals surface area contributed by atoms with Gasteiger partial charge in [-0.15, -0.1) is 69.0 Å². The molecule has 1 aliphatic rings. The van der Waals surface area contributed by atoms with Gasteiger partial charge in [0.1, 0.15) is 0 Å². The SMILES string of the molecule is CC1=[C-]c2cccc(C(C)C)c2C1=[Si](C)C.Cc1cc2c(C(C)C)cccc2[cH-]1.[Mg+2]. The molecule has 0 atom stereocenters. The molecule has 0 spiro atoms. The number of hydrogen-bond acceptors (Lipinski definition) is 0. The second-order valence-corrected chi connectivity index (χ2v) is 11.6. The van der Waals surface area contributed by atoms with E-state index in [1.165, 1.54) is 44.2 Å². The minimum Gasteiger partial charge on any atom is -0.165 e. The molecule has 0 fully saturated rings. The van der Waals surface area contributed by atoms with E-state index in [9.17, 15) is 0 Å². The number of hydrogen-bond donors (Lipinski definition) is 0. The summed E-state index contributed by atoms with van der Waals surface area (Å²) in [4.78, 5) is 0. The summed E-state index contributed by atoms with van der Waals surface area (Å²) in [5, 5.41) is 4.39. The van der Waals surface area contributed by atoms with Crippen LogP contribution >= 0.6 is 0 Å². The van der Waals surface area contributed by atoms with Crippen molar-refractivity contribution < 1.29 is 0 Å². The van der Waals surface area contributed by atoms with Crippen LogP contribution in [0.15, 0.2) is 54.1 Å². The van der Waals surface area contributed by atoms with Gasteiger partial charge in [-0.1, -0.05) is 77.9 Å². The van der Waals surface area contributed by atoms with Gasteiger partial charge in [-0.25, -0.2) is 0 Å². The normalized spacial score (nSPS) is 12.5. The molecule has 0 radical (unpaired) electrons. The Hall–Kier alpha value is -1.36. The Morgan fingerprint density at radius 2 is 1.47 bits per heavy atom. The second kappa shape index (κ2) is 10.3. The summed E-state index contributed by atoms with van der Waals surface area (Å²) in [6, 6.07) is 17.7. The van der Waals surface area contributed by atoms with Gasteiger partial charge in [-0.3, -0.25) is 0 Å². The van der Waals surface area contributed by atoms with Gasteiger partial charge in [-0.05, 0) is 20.2 Å². The quantitative estimate of drug-likeness (QED) is 0.298. The van der Waals surface area contributed by atoms with E-state index in [1.54, 1.807) is 5.17 Å². The number of rotatable bonds is 2. The molecule has 0 heterocycles. The maximum atomic E-state index is 3.53. The first-order chi connectivity index (χ1) is 13.7. The fraction of sp³-hybridized carbons (Fsp3) is 0.357. The molecule has 0 unspecified atom stereocenters. The number of benzene rings is 2. The molecule has 152 valence electrons. The summed E-state index contributed by atoms with van der Waals surface area (Å²) in [6.45, 7) is 18.2. The largest absolute Gasteiger partial charge is 2.00 e. The van der Waals surface area contributed by atoms with Crippen molar-refractivity contribution in [3.8, 4) is 0 Å². The molecule has 4 rings (SSSR count). The van der Waals surface area contributed by atoms with Crippen LogP contribution in [0.3, 0.4) is 0 Å². The Labute approximate surface area is 201 Å². The van der Waals surface area contributed by atoms with Crippen molar-refractivity contribution in [2.45, 2.75) is 66.5 Å². The molecular weight excluding hydrogens is 389 g/mol. The van der Waals surface area contributed by atoms with E-state index in [0.717, 1.165) is 0 Å². The monoisotopic (exact) mass is 422 g/mol.